The lowest BCUT2D eigenvalue weighted by molar-refractivity contribution is -0.140. The molecule has 0 heterocycles. The number of rotatable bonds is 12. The quantitative estimate of drug-likeness (QED) is 0.0733. The predicted octanol–water partition coefficient (Wildman–Crippen LogP) is 9.69. The number of ether oxygens (including phenoxy) is 1. The Labute approximate surface area is 255 Å². The lowest BCUT2D eigenvalue weighted by atomic mass is 9.89. The van der Waals surface area contributed by atoms with Gasteiger partial charge in [-0.15, -0.1) is 11.8 Å². The van der Waals surface area contributed by atoms with Crippen molar-refractivity contribution >= 4 is 22.6 Å². The second-order valence-corrected chi connectivity index (χ2v) is 25.2. The zero-order chi connectivity index (χ0) is 31.2. The first-order chi connectivity index (χ1) is 18.8. The lowest BCUT2D eigenvalue weighted by Crippen LogP contribution is -2.45. The van der Waals surface area contributed by atoms with Gasteiger partial charge in [-0.1, -0.05) is 72.3 Å². The summed E-state index contributed by atoms with van der Waals surface area (Å²) in [6, 6.07) is 0. The normalized spacial score (nSPS) is 26.1. The van der Waals surface area contributed by atoms with E-state index in [1.165, 1.54) is 7.11 Å². The molecule has 41 heavy (non-hydrogen) atoms. The zero-order valence-corrected chi connectivity index (χ0v) is 30.8. The molecule has 4 nitrogen and oxygen atoms in total. The summed E-state index contributed by atoms with van der Waals surface area (Å²) in [6.45, 7) is 27.7. The van der Waals surface area contributed by atoms with E-state index in [0.717, 1.165) is 38.5 Å². The molecule has 6 atom stereocenters. The molecule has 0 aliphatic heterocycles. The molecule has 0 amide bonds. The minimum atomic E-state index is -1.96. The van der Waals surface area contributed by atoms with Crippen LogP contribution in [0.1, 0.15) is 100 Å². The first kappa shape index (κ1) is 36.1. The van der Waals surface area contributed by atoms with Gasteiger partial charge >= 0.3 is 5.97 Å². The summed E-state index contributed by atoms with van der Waals surface area (Å²) in [7, 11) is -2.40. The van der Waals surface area contributed by atoms with Gasteiger partial charge in [0.15, 0.2) is 16.6 Å². The molecule has 0 spiro atoms. The first-order valence-electron chi connectivity index (χ1n) is 16.0. The van der Waals surface area contributed by atoms with Gasteiger partial charge in [-0.05, 0) is 93.0 Å². The minimum Gasteiger partial charge on any atom is -0.469 e. The van der Waals surface area contributed by atoms with E-state index in [2.05, 4.69) is 105 Å². The van der Waals surface area contributed by atoms with Crippen LogP contribution < -0.4 is 0 Å². The monoisotopic (exact) mass is 602 g/mol. The molecule has 2 saturated carbocycles. The number of esters is 1. The van der Waals surface area contributed by atoms with E-state index in [4.69, 9.17) is 13.6 Å². The van der Waals surface area contributed by atoms with E-state index >= 15 is 0 Å². The van der Waals surface area contributed by atoms with Crippen molar-refractivity contribution in [2.24, 2.45) is 23.7 Å². The molecule has 0 aromatic rings. The Morgan fingerprint density at radius 2 is 1.68 bits per heavy atom. The van der Waals surface area contributed by atoms with Crippen molar-refractivity contribution < 1.29 is 18.4 Å². The lowest BCUT2D eigenvalue weighted by Gasteiger charge is -2.41. The van der Waals surface area contributed by atoms with Crippen LogP contribution in [0.15, 0.2) is 23.8 Å². The molecule has 0 bridgehead atoms. The van der Waals surface area contributed by atoms with Crippen LogP contribution in [0, 0.1) is 35.5 Å². The summed E-state index contributed by atoms with van der Waals surface area (Å²) < 4.78 is 19.0. The summed E-state index contributed by atoms with van der Waals surface area (Å²) >= 11 is 0. The van der Waals surface area contributed by atoms with Crippen LogP contribution in [0.5, 0.6) is 0 Å². The summed E-state index contributed by atoms with van der Waals surface area (Å²) in [5, 5.41) is 0.339. The third-order valence-corrected chi connectivity index (χ3v) is 19.5. The fourth-order valence-electron chi connectivity index (χ4n) is 5.73. The van der Waals surface area contributed by atoms with Crippen molar-refractivity contribution in [3.8, 4) is 11.8 Å². The van der Waals surface area contributed by atoms with Gasteiger partial charge in [-0.2, -0.15) is 0 Å². The maximum Gasteiger partial charge on any atom is 0.305 e. The van der Waals surface area contributed by atoms with Crippen LogP contribution in [-0.4, -0.2) is 41.9 Å². The number of allylic oxidation sites excluding steroid dienone is 2. The first-order valence-corrected chi connectivity index (χ1v) is 21.8. The third kappa shape index (κ3) is 9.95. The average molecular weight is 603 g/mol. The molecule has 6 heteroatoms. The van der Waals surface area contributed by atoms with Crippen molar-refractivity contribution in [3.05, 3.63) is 23.8 Å². The average Bonchev–Trinajstić information content (AvgIpc) is 3.37. The van der Waals surface area contributed by atoms with Crippen LogP contribution in [0.25, 0.3) is 0 Å². The number of carbonyl (C=O) groups is 1. The standard InChI is InChI=1S/C35H62O4Si2/c1-14-15-18-26(2)31(38-40(10,11)34(3,4)5)22-21-29-30-24-27(19-16-17-20-33(36)37-9)23-28(30)25-32(29)39-41(12,13)35(6,7)8/h19,21-22,26,28-32H,16-18,20,23-25H2,1-13H3/b22-21+,27-19+/t26-,28-,29+,30-,31?,32?/m0/s1. The molecule has 234 valence electrons. The number of hydrogen-bond acceptors (Lipinski definition) is 4. The van der Waals surface area contributed by atoms with Gasteiger partial charge < -0.3 is 13.6 Å². The molecule has 2 aliphatic rings. The van der Waals surface area contributed by atoms with Gasteiger partial charge in [-0.3, -0.25) is 4.79 Å². The largest absolute Gasteiger partial charge is 0.469 e. The van der Waals surface area contributed by atoms with Crippen LogP contribution in [0.2, 0.25) is 36.3 Å². The summed E-state index contributed by atoms with van der Waals surface area (Å²) in [6.07, 6.45) is 14.2. The molecule has 2 aliphatic carbocycles. The Morgan fingerprint density at radius 3 is 2.24 bits per heavy atom. The van der Waals surface area contributed by atoms with E-state index in [-0.39, 0.29) is 28.3 Å². The summed E-state index contributed by atoms with van der Waals surface area (Å²) in [5.74, 6) is 8.28. The summed E-state index contributed by atoms with van der Waals surface area (Å²) in [5.41, 5.74) is 1.56. The smallest absolute Gasteiger partial charge is 0.305 e. The van der Waals surface area contributed by atoms with Gasteiger partial charge in [0.25, 0.3) is 0 Å². The molecule has 0 N–H and O–H groups in total. The topological polar surface area (TPSA) is 44.8 Å². The Bertz CT molecular complexity index is 986. The zero-order valence-electron chi connectivity index (χ0n) is 28.8. The van der Waals surface area contributed by atoms with E-state index in [0.29, 0.717) is 30.1 Å². The second kappa shape index (κ2) is 14.6. The molecule has 2 unspecified atom stereocenters. The van der Waals surface area contributed by atoms with Gasteiger partial charge in [0.1, 0.15) is 0 Å². The number of hydrogen-bond donors (Lipinski definition) is 0. The van der Waals surface area contributed by atoms with Gasteiger partial charge in [0.2, 0.25) is 0 Å². The van der Waals surface area contributed by atoms with Crippen molar-refractivity contribution in [2.45, 2.75) is 149 Å². The van der Waals surface area contributed by atoms with Crippen LogP contribution in [0.4, 0.5) is 0 Å². The van der Waals surface area contributed by atoms with Crippen LogP contribution in [-0.2, 0) is 18.4 Å². The van der Waals surface area contributed by atoms with Gasteiger partial charge in [0, 0.05) is 18.8 Å². The van der Waals surface area contributed by atoms with Crippen molar-refractivity contribution in [3.63, 3.8) is 0 Å². The van der Waals surface area contributed by atoms with Crippen LogP contribution in [0.3, 0.4) is 0 Å². The minimum absolute atomic E-state index is 0.0547. The maximum absolute atomic E-state index is 11.5. The molecular formula is C35H62O4Si2. The van der Waals surface area contributed by atoms with Crippen molar-refractivity contribution in [2.75, 3.05) is 7.11 Å². The van der Waals surface area contributed by atoms with Gasteiger partial charge in [-0.25, -0.2) is 0 Å². The number of unbranched alkanes of at least 4 members (excludes halogenated alkanes) is 1. The van der Waals surface area contributed by atoms with E-state index in [9.17, 15) is 4.79 Å². The second-order valence-electron chi connectivity index (χ2n) is 15.7. The fraction of sp³-hybridized carbons (Fsp3) is 0.800. The molecule has 0 radical (unpaired) electrons. The molecule has 0 saturated heterocycles. The highest BCUT2D eigenvalue weighted by Gasteiger charge is 2.50. The van der Waals surface area contributed by atoms with Gasteiger partial charge in [0.05, 0.1) is 19.3 Å². The maximum atomic E-state index is 11.5. The Kier molecular flexibility index (Phi) is 12.8. The third-order valence-electron chi connectivity index (χ3n) is 10.5. The number of carbonyl (C=O) groups excluding carboxylic acids is 1. The molecule has 2 rings (SSSR count). The number of methoxy groups -OCH3 is 1. The van der Waals surface area contributed by atoms with E-state index in [1.807, 2.05) is 6.92 Å². The summed E-state index contributed by atoms with van der Waals surface area (Å²) in [4.78, 5) is 11.5. The van der Waals surface area contributed by atoms with E-state index < -0.39 is 16.6 Å². The predicted molar refractivity (Wildman–Crippen MR) is 179 cm³/mol. The molecule has 2 fully saturated rings. The van der Waals surface area contributed by atoms with Crippen molar-refractivity contribution in [1.82, 2.24) is 0 Å². The highest BCUT2D eigenvalue weighted by atomic mass is 28.4. The Morgan fingerprint density at radius 1 is 1.05 bits per heavy atom. The molecule has 0 aromatic carbocycles. The highest BCUT2D eigenvalue weighted by molar-refractivity contribution is 6.74. The Balaban J connectivity index is 2.34. The fourth-order valence-corrected chi connectivity index (χ4v) is 8.44. The van der Waals surface area contributed by atoms with Crippen LogP contribution >= 0.6 is 0 Å². The molecular weight excluding hydrogens is 541 g/mol. The number of fused-ring (bicyclic) bond motifs is 1. The SMILES string of the molecule is CC#CC[C@H](C)C(/C=C/[C@H]1C(O[Si](C)(C)C(C)(C)C)C[C@@H]2C/C(=C\CCCC(=O)OC)C[C@@H]21)O[Si](C)(C)C(C)(C)C. The van der Waals surface area contributed by atoms with Crippen molar-refractivity contribution in [1.29, 1.82) is 0 Å². The Hall–Kier alpha value is -1.14. The van der Waals surface area contributed by atoms with E-state index in [1.54, 1.807) is 5.57 Å². The highest BCUT2D eigenvalue weighted by Crippen LogP contribution is 2.53. The molecule has 0 aromatic heterocycles.